The molecule has 0 saturated carbocycles. The van der Waals surface area contributed by atoms with Crippen molar-refractivity contribution in [2.45, 2.75) is 32.3 Å². The van der Waals surface area contributed by atoms with Crippen molar-refractivity contribution < 1.29 is 9.90 Å². The van der Waals surface area contributed by atoms with Gasteiger partial charge in [-0.2, -0.15) is 0 Å². The lowest BCUT2D eigenvalue weighted by Gasteiger charge is -2.29. The molecule has 2 N–H and O–H groups in total. The molecule has 2 heterocycles. The van der Waals surface area contributed by atoms with Crippen molar-refractivity contribution in [3.63, 3.8) is 0 Å². The summed E-state index contributed by atoms with van der Waals surface area (Å²) >= 11 is 0. The number of aliphatic hydroxyl groups is 1. The molecule has 1 aliphatic heterocycles. The normalized spacial score (nSPS) is 19.3. The number of aliphatic hydroxyl groups excluding tert-OH is 1. The van der Waals surface area contributed by atoms with E-state index in [1.165, 1.54) is 0 Å². The van der Waals surface area contributed by atoms with Crippen molar-refractivity contribution in [1.82, 2.24) is 9.88 Å². The molecule has 1 fully saturated rings. The lowest BCUT2D eigenvalue weighted by atomic mass is 10.1. The van der Waals surface area contributed by atoms with Crippen LogP contribution in [-0.2, 0) is 0 Å². The predicted octanol–water partition coefficient (Wildman–Crippen LogP) is 1.50. The van der Waals surface area contributed by atoms with Gasteiger partial charge in [0.2, 0.25) is 0 Å². The quantitative estimate of drug-likeness (QED) is 0.864. The Morgan fingerprint density at radius 1 is 1.58 bits per heavy atom. The first-order chi connectivity index (χ1) is 9.20. The first-order valence-corrected chi connectivity index (χ1v) is 6.88. The molecule has 0 spiro atoms. The van der Waals surface area contributed by atoms with E-state index in [1.54, 1.807) is 17.2 Å². The number of likely N-dealkylation sites (tertiary alicyclic amines) is 1. The fraction of sp³-hybridized carbons (Fsp3) is 0.571. The van der Waals surface area contributed by atoms with Crippen LogP contribution in [0.3, 0.4) is 0 Å². The van der Waals surface area contributed by atoms with Crippen molar-refractivity contribution in [1.29, 1.82) is 0 Å². The summed E-state index contributed by atoms with van der Waals surface area (Å²) in [7, 11) is 0. The van der Waals surface area contributed by atoms with Gasteiger partial charge in [-0.3, -0.25) is 4.79 Å². The number of hydrogen-bond acceptors (Lipinski definition) is 4. The first-order valence-electron chi connectivity index (χ1n) is 6.88. The van der Waals surface area contributed by atoms with Crippen molar-refractivity contribution in [2.24, 2.45) is 0 Å². The highest BCUT2D eigenvalue weighted by atomic mass is 16.3. The molecular formula is C14H21N3O2. The predicted molar refractivity (Wildman–Crippen MR) is 74.2 cm³/mol. The Kier molecular flexibility index (Phi) is 4.74. The minimum absolute atomic E-state index is 0.0965. The number of anilines is 1. The average molecular weight is 263 g/mol. The summed E-state index contributed by atoms with van der Waals surface area (Å²) < 4.78 is 0. The molecule has 5 heteroatoms. The van der Waals surface area contributed by atoms with Crippen LogP contribution in [0.4, 0.5) is 5.69 Å². The van der Waals surface area contributed by atoms with Gasteiger partial charge in [0.05, 0.1) is 18.0 Å². The summed E-state index contributed by atoms with van der Waals surface area (Å²) in [5.41, 5.74) is 1.37. The van der Waals surface area contributed by atoms with Crippen molar-refractivity contribution in [3.05, 3.63) is 24.0 Å². The third-order valence-electron chi connectivity index (χ3n) is 3.25. The number of aromatic nitrogens is 1. The zero-order valence-electron chi connectivity index (χ0n) is 11.3. The topological polar surface area (TPSA) is 65.5 Å². The maximum absolute atomic E-state index is 12.2. The molecule has 2 rings (SSSR count). The van der Waals surface area contributed by atoms with Gasteiger partial charge in [0.25, 0.3) is 5.91 Å². The first kappa shape index (κ1) is 13.8. The fourth-order valence-corrected chi connectivity index (χ4v) is 2.20. The Hall–Kier alpha value is -1.62. The second kappa shape index (κ2) is 6.52. The fourth-order valence-electron chi connectivity index (χ4n) is 2.20. The summed E-state index contributed by atoms with van der Waals surface area (Å²) in [6, 6.07) is 3.61. The number of hydrogen-bond donors (Lipinski definition) is 2. The van der Waals surface area contributed by atoms with Gasteiger partial charge in [-0.15, -0.1) is 0 Å². The van der Waals surface area contributed by atoms with Crippen LogP contribution < -0.4 is 5.32 Å². The van der Waals surface area contributed by atoms with Crippen molar-refractivity contribution in [3.8, 4) is 0 Å². The SMILES string of the molecule is CCCNc1ccc(C(=O)N2CCCC(O)C2)nc1. The van der Waals surface area contributed by atoms with Gasteiger partial charge >= 0.3 is 0 Å². The van der Waals surface area contributed by atoms with Gasteiger partial charge in [0.1, 0.15) is 5.69 Å². The van der Waals surface area contributed by atoms with Crippen LogP contribution in [0.5, 0.6) is 0 Å². The second-order valence-electron chi connectivity index (χ2n) is 4.91. The number of carbonyl (C=O) groups excluding carboxylic acids is 1. The molecule has 1 aromatic rings. The third-order valence-corrected chi connectivity index (χ3v) is 3.25. The molecule has 104 valence electrons. The second-order valence-corrected chi connectivity index (χ2v) is 4.91. The molecule has 1 amide bonds. The van der Waals surface area contributed by atoms with E-state index in [0.717, 1.165) is 31.5 Å². The van der Waals surface area contributed by atoms with Crippen LogP contribution in [0.25, 0.3) is 0 Å². The molecular weight excluding hydrogens is 242 g/mol. The maximum atomic E-state index is 12.2. The molecule has 0 aliphatic carbocycles. The number of rotatable bonds is 4. The number of nitrogens with one attached hydrogen (secondary N) is 1. The van der Waals surface area contributed by atoms with Crippen LogP contribution in [0.1, 0.15) is 36.7 Å². The Balaban J connectivity index is 1.98. The van der Waals surface area contributed by atoms with E-state index in [9.17, 15) is 9.90 Å². The Morgan fingerprint density at radius 2 is 2.42 bits per heavy atom. The summed E-state index contributed by atoms with van der Waals surface area (Å²) in [5, 5.41) is 12.8. The number of β-amino-alcohol motifs (C(OH)–C–C–N with tert-alkyl or cyclic N) is 1. The number of nitrogens with zero attached hydrogens (tertiary/aromatic N) is 2. The van der Waals surface area contributed by atoms with Crippen molar-refractivity contribution in [2.75, 3.05) is 25.0 Å². The Labute approximate surface area is 113 Å². The summed E-state index contributed by atoms with van der Waals surface area (Å²) in [6.07, 6.45) is 3.96. The minimum Gasteiger partial charge on any atom is -0.391 e. The van der Waals surface area contributed by atoms with Crippen molar-refractivity contribution >= 4 is 11.6 Å². The lowest BCUT2D eigenvalue weighted by Crippen LogP contribution is -2.42. The summed E-state index contributed by atoms with van der Waals surface area (Å²) in [5.74, 6) is -0.0965. The van der Waals surface area contributed by atoms with Crippen LogP contribution >= 0.6 is 0 Å². The summed E-state index contributed by atoms with van der Waals surface area (Å²) in [4.78, 5) is 18.1. The maximum Gasteiger partial charge on any atom is 0.272 e. The van der Waals surface area contributed by atoms with Crippen LogP contribution in [0.15, 0.2) is 18.3 Å². The van der Waals surface area contributed by atoms with E-state index >= 15 is 0 Å². The smallest absolute Gasteiger partial charge is 0.272 e. The zero-order chi connectivity index (χ0) is 13.7. The monoisotopic (exact) mass is 263 g/mol. The highest BCUT2D eigenvalue weighted by Gasteiger charge is 2.23. The van der Waals surface area contributed by atoms with Gasteiger partial charge in [-0.05, 0) is 31.4 Å². The minimum atomic E-state index is -0.400. The van der Waals surface area contributed by atoms with E-state index < -0.39 is 6.10 Å². The molecule has 1 saturated heterocycles. The number of piperidine rings is 1. The van der Waals surface area contributed by atoms with Gasteiger partial charge in [0.15, 0.2) is 0 Å². The largest absolute Gasteiger partial charge is 0.391 e. The van der Waals surface area contributed by atoms with Gasteiger partial charge < -0.3 is 15.3 Å². The number of amides is 1. The number of pyridine rings is 1. The van der Waals surface area contributed by atoms with E-state index in [1.807, 2.05) is 6.07 Å². The van der Waals surface area contributed by atoms with Crippen LogP contribution in [-0.4, -0.2) is 46.6 Å². The van der Waals surface area contributed by atoms with E-state index in [2.05, 4.69) is 17.2 Å². The Morgan fingerprint density at radius 3 is 3.05 bits per heavy atom. The lowest BCUT2D eigenvalue weighted by molar-refractivity contribution is 0.0469. The zero-order valence-corrected chi connectivity index (χ0v) is 11.3. The molecule has 5 nitrogen and oxygen atoms in total. The van der Waals surface area contributed by atoms with E-state index in [-0.39, 0.29) is 5.91 Å². The van der Waals surface area contributed by atoms with Gasteiger partial charge in [-0.1, -0.05) is 6.92 Å². The van der Waals surface area contributed by atoms with Crippen LogP contribution in [0.2, 0.25) is 0 Å². The average Bonchev–Trinajstić information content (AvgIpc) is 2.45. The third kappa shape index (κ3) is 3.67. The molecule has 19 heavy (non-hydrogen) atoms. The standard InChI is InChI=1S/C14H21N3O2/c1-2-7-15-11-5-6-13(16-9-11)14(19)17-8-3-4-12(18)10-17/h5-6,9,12,15,18H,2-4,7-8,10H2,1H3. The molecule has 0 radical (unpaired) electrons. The highest BCUT2D eigenvalue weighted by molar-refractivity contribution is 5.92. The van der Waals surface area contributed by atoms with Gasteiger partial charge in [0, 0.05) is 19.6 Å². The molecule has 0 aromatic carbocycles. The highest BCUT2D eigenvalue weighted by Crippen LogP contribution is 2.14. The van der Waals surface area contributed by atoms with E-state index in [0.29, 0.717) is 18.8 Å². The molecule has 1 unspecified atom stereocenters. The van der Waals surface area contributed by atoms with E-state index in [4.69, 9.17) is 0 Å². The number of carbonyl (C=O) groups is 1. The molecule has 1 atom stereocenters. The summed E-state index contributed by atoms with van der Waals surface area (Å²) in [6.45, 7) is 4.11. The molecule has 1 aromatic heterocycles. The van der Waals surface area contributed by atoms with Gasteiger partial charge in [-0.25, -0.2) is 4.98 Å². The Bertz CT molecular complexity index is 419. The van der Waals surface area contributed by atoms with Crippen LogP contribution in [0, 0.1) is 0 Å². The molecule has 0 bridgehead atoms. The molecule has 1 aliphatic rings.